The summed E-state index contributed by atoms with van der Waals surface area (Å²) < 4.78 is 0. The first-order valence-corrected chi connectivity index (χ1v) is 14.6. The van der Waals surface area contributed by atoms with Crippen LogP contribution >= 0.6 is 11.8 Å². The minimum Gasteiger partial charge on any atom is -0.355 e. The van der Waals surface area contributed by atoms with Crippen LogP contribution in [0.15, 0.2) is 71.0 Å². The molecule has 7 rings (SSSR count). The lowest BCUT2D eigenvalue weighted by Gasteiger charge is -2.45. The van der Waals surface area contributed by atoms with Crippen molar-refractivity contribution in [2.75, 3.05) is 25.0 Å². The third-order valence-corrected chi connectivity index (χ3v) is 9.18. The van der Waals surface area contributed by atoms with Gasteiger partial charge < -0.3 is 15.2 Å². The molecule has 0 radical (unpaired) electrons. The Hall–Kier alpha value is -3.49. The van der Waals surface area contributed by atoms with Gasteiger partial charge in [0, 0.05) is 53.3 Å². The average Bonchev–Trinajstić information content (AvgIpc) is 3.71. The average molecular weight is 536 g/mol. The Morgan fingerprint density at radius 2 is 1.87 bits per heavy atom. The number of nitrogens with zero attached hydrogens (tertiary/aromatic N) is 5. The molecule has 1 aliphatic carbocycles. The van der Waals surface area contributed by atoms with Gasteiger partial charge in [0.15, 0.2) is 5.82 Å². The third kappa shape index (κ3) is 4.55. The van der Waals surface area contributed by atoms with Gasteiger partial charge in [0.2, 0.25) is 0 Å². The van der Waals surface area contributed by atoms with Crippen LogP contribution in [0.25, 0.3) is 33.3 Å². The summed E-state index contributed by atoms with van der Waals surface area (Å²) in [4.78, 5) is 26.8. The summed E-state index contributed by atoms with van der Waals surface area (Å²) in [5, 5.41) is 6.81. The molecule has 1 atom stereocenters. The first-order chi connectivity index (χ1) is 19.0. The predicted octanol–water partition coefficient (Wildman–Crippen LogP) is 6.42. The molecule has 0 spiro atoms. The van der Waals surface area contributed by atoms with E-state index in [9.17, 15) is 0 Å². The Kier molecular flexibility index (Phi) is 6.05. The number of benzene rings is 1. The van der Waals surface area contributed by atoms with Crippen LogP contribution in [-0.4, -0.2) is 51.1 Å². The van der Waals surface area contributed by atoms with Crippen molar-refractivity contribution in [3.8, 4) is 11.4 Å². The van der Waals surface area contributed by atoms with E-state index < -0.39 is 0 Å². The molecule has 7 nitrogen and oxygen atoms in total. The van der Waals surface area contributed by atoms with Crippen molar-refractivity contribution < 1.29 is 0 Å². The molecule has 2 N–H and O–H groups in total. The van der Waals surface area contributed by atoms with E-state index in [0.717, 1.165) is 57.9 Å². The molecule has 1 aromatic carbocycles. The number of anilines is 1. The van der Waals surface area contributed by atoms with E-state index in [1.807, 2.05) is 30.7 Å². The van der Waals surface area contributed by atoms with Gasteiger partial charge in [-0.25, -0.2) is 15.0 Å². The Bertz CT molecular complexity index is 1660. The number of rotatable bonds is 6. The predicted molar refractivity (Wildman–Crippen MR) is 158 cm³/mol. The largest absolute Gasteiger partial charge is 0.355 e. The number of piperidine rings is 1. The summed E-state index contributed by atoms with van der Waals surface area (Å²) in [5.41, 5.74) is 4.14. The van der Waals surface area contributed by atoms with E-state index in [2.05, 4.69) is 76.4 Å². The SMILES string of the molecule is CN(c1nc(-c2ccnc3[nH]c(Sc4ccccc4)cc23)nc2cncc(C3CC3)c12)C1CCNCC1(C)C. The quantitative estimate of drug-likeness (QED) is 0.260. The third-order valence-electron chi connectivity index (χ3n) is 8.23. The molecular formula is C31H33N7S. The normalized spacial score (nSPS) is 19.0. The molecule has 1 saturated heterocycles. The first-order valence-electron chi connectivity index (χ1n) is 13.8. The molecule has 1 unspecified atom stereocenters. The Labute approximate surface area is 232 Å². The number of nitrogens with one attached hydrogen (secondary N) is 2. The van der Waals surface area contributed by atoms with E-state index in [-0.39, 0.29) is 5.41 Å². The van der Waals surface area contributed by atoms with Gasteiger partial charge in [0.05, 0.1) is 16.7 Å². The summed E-state index contributed by atoms with van der Waals surface area (Å²) in [5.74, 6) is 2.28. The van der Waals surface area contributed by atoms with E-state index in [1.54, 1.807) is 11.8 Å². The van der Waals surface area contributed by atoms with Gasteiger partial charge in [-0.05, 0) is 67.0 Å². The fourth-order valence-corrected chi connectivity index (χ4v) is 6.93. The van der Waals surface area contributed by atoms with Gasteiger partial charge in [0.1, 0.15) is 11.5 Å². The highest BCUT2D eigenvalue weighted by molar-refractivity contribution is 7.99. The van der Waals surface area contributed by atoms with Crippen LogP contribution in [0, 0.1) is 5.41 Å². The lowest BCUT2D eigenvalue weighted by Crippen LogP contribution is -2.53. The molecular weight excluding hydrogens is 502 g/mol. The number of pyridine rings is 2. The highest BCUT2D eigenvalue weighted by Gasteiger charge is 2.37. The molecule has 2 fully saturated rings. The molecule has 39 heavy (non-hydrogen) atoms. The molecule has 198 valence electrons. The molecule has 8 heteroatoms. The summed E-state index contributed by atoms with van der Waals surface area (Å²) >= 11 is 1.70. The number of hydrogen-bond donors (Lipinski definition) is 2. The molecule has 4 aromatic heterocycles. The van der Waals surface area contributed by atoms with Crippen molar-refractivity contribution in [1.29, 1.82) is 0 Å². The van der Waals surface area contributed by atoms with Crippen LogP contribution in [-0.2, 0) is 0 Å². The van der Waals surface area contributed by atoms with Crippen molar-refractivity contribution in [1.82, 2.24) is 30.2 Å². The number of H-pyrrole nitrogens is 1. The summed E-state index contributed by atoms with van der Waals surface area (Å²) in [7, 11) is 2.22. The van der Waals surface area contributed by atoms with Gasteiger partial charge in [-0.3, -0.25) is 4.98 Å². The van der Waals surface area contributed by atoms with Gasteiger partial charge in [-0.15, -0.1) is 0 Å². The van der Waals surface area contributed by atoms with E-state index in [0.29, 0.717) is 17.8 Å². The summed E-state index contributed by atoms with van der Waals surface area (Å²) in [6.07, 6.45) is 9.28. The van der Waals surface area contributed by atoms with E-state index >= 15 is 0 Å². The number of aromatic amines is 1. The topological polar surface area (TPSA) is 82.6 Å². The van der Waals surface area contributed by atoms with Crippen molar-refractivity contribution in [3.63, 3.8) is 0 Å². The second-order valence-electron chi connectivity index (χ2n) is 11.5. The van der Waals surface area contributed by atoms with E-state index in [4.69, 9.17) is 9.97 Å². The van der Waals surface area contributed by atoms with E-state index in [1.165, 1.54) is 23.3 Å². The zero-order chi connectivity index (χ0) is 26.6. The summed E-state index contributed by atoms with van der Waals surface area (Å²) in [6, 6.07) is 15.0. The Balaban J connectivity index is 1.38. The van der Waals surface area contributed by atoms with Crippen LogP contribution < -0.4 is 10.2 Å². The number of hydrogen-bond acceptors (Lipinski definition) is 7. The van der Waals surface area contributed by atoms with Gasteiger partial charge in [-0.1, -0.05) is 43.8 Å². The minimum atomic E-state index is 0.116. The molecule has 2 aliphatic rings. The van der Waals surface area contributed by atoms with Crippen LogP contribution in [0.1, 0.15) is 44.6 Å². The minimum absolute atomic E-state index is 0.116. The van der Waals surface area contributed by atoms with Crippen LogP contribution in [0.5, 0.6) is 0 Å². The van der Waals surface area contributed by atoms with Crippen molar-refractivity contribution in [2.45, 2.75) is 55.0 Å². The van der Waals surface area contributed by atoms with Crippen molar-refractivity contribution >= 4 is 39.5 Å². The molecule has 0 amide bonds. The fourth-order valence-electron chi connectivity index (χ4n) is 6.06. The van der Waals surface area contributed by atoms with Crippen LogP contribution in [0.2, 0.25) is 0 Å². The Morgan fingerprint density at radius 1 is 1.03 bits per heavy atom. The molecule has 1 saturated carbocycles. The zero-order valence-electron chi connectivity index (χ0n) is 22.6. The second kappa shape index (κ2) is 9.61. The maximum atomic E-state index is 5.34. The lowest BCUT2D eigenvalue weighted by atomic mass is 9.79. The molecule has 1 aliphatic heterocycles. The van der Waals surface area contributed by atoms with Crippen LogP contribution in [0.4, 0.5) is 5.82 Å². The first kappa shape index (κ1) is 24.5. The van der Waals surface area contributed by atoms with Crippen molar-refractivity contribution in [3.05, 3.63) is 66.6 Å². The maximum Gasteiger partial charge on any atom is 0.163 e. The highest BCUT2D eigenvalue weighted by atomic mass is 32.2. The number of fused-ring (bicyclic) bond motifs is 2. The molecule has 0 bridgehead atoms. The Morgan fingerprint density at radius 3 is 2.67 bits per heavy atom. The number of aromatic nitrogens is 5. The highest BCUT2D eigenvalue weighted by Crippen LogP contribution is 2.46. The second-order valence-corrected chi connectivity index (χ2v) is 12.6. The van der Waals surface area contributed by atoms with Gasteiger partial charge >= 0.3 is 0 Å². The standard InChI is InChI=1S/C31H33N7S/c1-31(2)18-32-13-12-25(31)38(3)30-27-23(19-9-10-19)16-33-17-24(27)35-29(37-30)21-11-14-34-28-22(21)15-26(36-28)39-20-7-5-4-6-8-20/h4-8,11,14-17,19,25,32H,9-10,12-13,18H2,1-3H3,(H,34,36). The maximum absolute atomic E-state index is 5.34. The molecule has 5 heterocycles. The van der Waals surface area contributed by atoms with Gasteiger partial charge in [0.25, 0.3) is 0 Å². The molecule has 5 aromatic rings. The fraction of sp³-hybridized carbons (Fsp3) is 0.355. The van der Waals surface area contributed by atoms with Crippen molar-refractivity contribution in [2.24, 2.45) is 5.41 Å². The van der Waals surface area contributed by atoms with Gasteiger partial charge in [-0.2, -0.15) is 0 Å². The summed E-state index contributed by atoms with van der Waals surface area (Å²) in [6.45, 7) is 6.71. The lowest BCUT2D eigenvalue weighted by molar-refractivity contribution is 0.215. The monoisotopic (exact) mass is 535 g/mol. The van der Waals surface area contributed by atoms with Crippen LogP contribution in [0.3, 0.4) is 0 Å². The zero-order valence-corrected chi connectivity index (χ0v) is 23.4. The smallest absolute Gasteiger partial charge is 0.163 e.